The second-order valence-electron chi connectivity index (χ2n) is 7.30. The Morgan fingerprint density at radius 3 is 2.62 bits per heavy atom. The van der Waals surface area contributed by atoms with Gasteiger partial charge >= 0.3 is 0 Å². The molecule has 0 saturated carbocycles. The Balaban J connectivity index is 1.70. The predicted octanol–water partition coefficient (Wildman–Crippen LogP) is 1.57. The SMILES string of the molecule is CN=C(NCCCN(C)CCOC)N1CCN(C(=O)Cc2cccc(Cl)c2)CC1. The van der Waals surface area contributed by atoms with Crippen molar-refractivity contribution >= 4 is 23.5 Å². The van der Waals surface area contributed by atoms with E-state index in [-0.39, 0.29) is 5.91 Å². The molecule has 8 heteroatoms. The van der Waals surface area contributed by atoms with Crippen LogP contribution in [0.3, 0.4) is 0 Å². The predicted molar refractivity (Wildman–Crippen MR) is 119 cm³/mol. The Morgan fingerprint density at radius 2 is 1.97 bits per heavy atom. The number of hydrogen-bond donors (Lipinski definition) is 1. The third-order valence-electron chi connectivity index (χ3n) is 5.06. The smallest absolute Gasteiger partial charge is 0.227 e. The third-order valence-corrected chi connectivity index (χ3v) is 5.30. The number of ether oxygens (including phenoxy) is 1. The number of likely N-dealkylation sites (N-methyl/N-ethyl adjacent to an activating group) is 1. The van der Waals surface area contributed by atoms with Crippen molar-refractivity contribution in [3.05, 3.63) is 34.9 Å². The van der Waals surface area contributed by atoms with Crippen molar-refractivity contribution in [1.29, 1.82) is 0 Å². The van der Waals surface area contributed by atoms with Crippen LogP contribution in [0.2, 0.25) is 5.02 Å². The average Bonchev–Trinajstić information content (AvgIpc) is 2.72. The molecule has 0 bridgehead atoms. The van der Waals surface area contributed by atoms with Crippen LogP contribution in [-0.4, -0.2) is 100 Å². The number of aliphatic imine (C=N–C) groups is 1. The van der Waals surface area contributed by atoms with E-state index in [2.05, 4.69) is 27.2 Å². The van der Waals surface area contributed by atoms with Gasteiger partial charge in [-0.3, -0.25) is 9.79 Å². The molecule has 1 aromatic rings. The summed E-state index contributed by atoms with van der Waals surface area (Å²) in [5, 5.41) is 4.11. The standard InChI is InChI=1S/C21H34ClN5O2/c1-23-21(24-8-5-9-25(2)14-15-29-3)27-12-10-26(11-13-27)20(28)17-18-6-4-7-19(22)16-18/h4,6-7,16H,5,8-15,17H2,1-3H3,(H,23,24). The number of rotatable bonds is 9. The van der Waals surface area contributed by atoms with Gasteiger partial charge in [0.2, 0.25) is 5.91 Å². The first-order valence-corrected chi connectivity index (χ1v) is 10.6. The Hall–Kier alpha value is -1.83. The van der Waals surface area contributed by atoms with E-state index in [1.54, 1.807) is 7.11 Å². The van der Waals surface area contributed by atoms with Gasteiger partial charge in [0, 0.05) is 58.4 Å². The lowest BCUT2D eigenvalue weighted by Gasteiger charge is -2.36. The lowest BCUT2D eigenvalue weighted by atomic mass is 10.1. The molecule has 1 heterocycles. The maximum Gasteiger partial charge on any atom is 0.227 e. The van der Waals surface area contributed by atoms with Crippen LogP contribution in [0.15, 0.2) is 29.3 Å². The van der Waals surface area contributed by atoms with Crippen LogP contribution >= 0.6 is 11.6 Å². The molecule has 29 heavy (non-hydrogen) atoms. The number of hydrogen-bond acceptors (Lipinski definition) is 4. The normalized spacial score (nSPS) is 15.1. The molecule has 0 aromatic heterocycles. The van der Waals surface area contributed by atoms with Gasteiger partial charge < -0.3 is 24.8 Å². The lowest BCUT2D eigenvalue weighted by molar-refractivity contribution is -0.131. The zero-order valence-electron chi connectivity index (χ0n) is 17.9. The van der Waals surface area contributed by atoms with Gasteiger partial charge in [0.15, 0.2) is 5.96 Å². The maximum absolute atomic E-state index is 12.6. The molecular formula is C21H34ClN5O2. The van der Waals surface area contributed by atoms with E-state index in [4.69, 9.17) is 16.3 Å². The van der Waals surface area contributed by atoms with Gasteiger partial charge in [-0.15, -0.1) is 0 Å². The van der Waals surface area contributed by atoms with Gasteiger partial charge in [0.25, 0.3) is 0 Å². The maximum atomic E-state index is 12.6. The summed E-state index contributed by atoms with van der Waals surface area (Å²) >= 11 is 6.02. The largest absolute Gasteiger partial charge is 0.383 e. The molecule has 0 radical (unpaired) electrons. The number of halogens is 1. The number of carbonyl (C=O) groups excluding carboxylic acids is 1. The first-order chi connectivity index (χ1) is 14.0. The summed E-state index contributed by atoms with van der Waals surface area (Å²) < 4.78 is 5.10. The minimum atomic E-state index is 0.147. The molecule has 7 nitrogen and oxygen atoms in total. The molecule has 0 atom stereocenters. The minimum absolute atomic E-state index is 0.147. The molecule has 1 saturated heterocycles. The van der Waals surface area contributed by atoms with Crippen molar-refractivity contribution in [2.75, 3.05) is 73.6 Å². The van der Waals surface area contributed by atoms with Crippen molar-refractivity contribution in [3.8, 4) is 0 Å². The topological polar surface area (TPSA) is 60.4 Å². The number of methoxy groups -OCH3 is 1. The number of piperazine rings is 1. The Labute approximate surface area is 179 Å². The summed E-state index contributed by atoms with van der Waals surface area (Å²) in [4.78, 5) is 23.4. The minimum Gasteiger partial charge on any atom is -0.383 e. The van der Waals surface area contributed by atoms with Crippen LogP contribution in [-0.2, 0) is 16.0 Å². The van der Waals surface area contributed by atoms with Gasteiger partial charge in [-0.1, -0.05) is 23.7 Å². The quantitative estimate of drug-likeness (QED) is 0.371. The van der Waals surface area contributed by atoms with Gasteiger partial charge in [-0.2, -0.15) is 0 Å². The molecule has 1 aliphatic rings. The fourth-order valence-corrected chi connectivity index (χ4v) is 3.55. The Kier molecular flexibility index (Phi) is 10.2. The molecule has 1 aromatic carbocycles. The zero-order chi connectivity index (χ0) is 21.1. The molecule has 1 amide bonds. The van der Waals surface area contributed by atoms with Crippen LogP contribution in [0.25, 0.3) is 0 Å². The Morgan fingerprint density at radius 1 is 1.24 bits per heavy atom. The highest BCUT2D eigenvalue weighted by Crippen LogP contribution is 2.13. The third kappa shape index (κ3) is 8.20. The van der Waals surface area contributed by atoms with Gasteiger partial charge in [0.05, 0.1) is 13.0 Å². The van der Waals surface area contributed by atoms with E-state index in [1.165, 1.54) is 0 Å². The van der Waals surface area contributed by atoms with Crippen LogP contribution in [0.5, 0.6) is 0 Å². The van der Waals surface area contributed by atoms with E-state index < -0.39 is 0 Å². The molecule has 1 aliphatic heterocycles. The van der Waals surface area contributed by atoms with Crippen molar-refractivity contribution in [2.45, 2.75) is 12.8 Å². The Bertz CT molecular complexity index is 662. The number of amides is 1. The molecule has 0 spiro atoms. The number of nitrogens with one attached hydrogen (secondary N) is 1. The number of nitrogens with zero attached hydrogens (tertiary/aromatic N) is 4. The molecule has 0 aliphatic carbocycles. The van der Waals surface area contributed by atoms with E-state index in [1.807, 2.05) is 36.2 Å². The molecule has 0 unspecified atom stereocenters. The second kappa shape index (κ2) is 12.7. The van der Waals surface area contributed by atoms with Gasteiger partial charge in [-0.25, -0.2) is 0 Å². The summed E-state index contributed by atoms with van der Waals surface area (Å²) in [5.41, 5.74) is 0.956. The zero-order valence-corrected chi connectivity index (χ0v) is 18.6. The molecule has 162 valence electrons. The highest BCUT2D eigenvalue weighted by Gasteiger charge is 2.23. The second-order valence-corrected chi connectivity index (χ2v) is 7.73. The average molecular weight is 424 g/mol. The van der Waals surface area contributed by atoms with Crippen molar-refractivity contribution in [3.63, 3.8) is 0 Å². The summed E-state index contributed by atoms with van der Waals surface area (Å²) in [6, 6.07) is 7.51. The summed E-state index contributed by atoms with van der Waals surface area (Å²) in [6.07, 6.45) is 1.43. The van der Waals surface area contributed by atoms with Crippen molar-refractivity contribution in [2.24, 2.45) is 4.99 Å². The fraction of sp³-hybridized carbons (Fsp3) is 0.619. The molecular weight excluding hydrogens is 390 g/mol. The first kappa shape index (κ1) is 23.4. The van der Waals surface area contributed by atoms with Crippen molar-refractivity contribution in [1.82, 2.24) is 20.0 Å². The monoisotopic (exact) mass is 423 g/mol. The summed E-state index contributed by atoms with van der Waals surface area (Å²) in [5.74, 6) is 1.06. The van der Waals surface area contributed by atoms with Crippen LogP contribution < -0.4 is 5.32 Å². The number of guanidine groups is 1. The van der Waals surface area contributed by atoms with Gasteiger partial charge in [-0.05, 0) is 37.7 Å². The number of benzene rings is 1. The fourth-order valence-electron chi connectivity index (χ4n) is 3.34. The molecule has 1 N–H and O–H groups in total. The van der Waals surface area contributed by atoms with Crippen molar-refractivity contribution < 1.29 is 9.53 Å². The van der Waals surface area contributed by atoms with E-state index in [9.17, 15) is 4.79 Å². The highest BCUT2D eigenvalue weighted by molar-refractivity contribution is 6.30. The highest BCUT2D eigenvalue weighted by atomic mass is 35.5. The van der Waals surface area contributed by atoms with Gasteiger partial charge in [0.1, 0.15) is 0 Å². The lowest BCUT2D eigenvalue weighted by Crippen LogP contribution is -2.54. The van der Waals surface area contributed by atoms with E-state index >= 15 is 0 Å². The van der Waals surface area contributed by atoms with Crippen LogP contribution in [0.1, 0.15) is 12.0 Å². The van der Waals surface area contributed by atoms with Crippen LogP contribution in [0, 0.1) is 0 Å². The summed E-state index contributed by atoms with van der Waals surface area (Å²) in [7, 11) is 5.64. The molecule has 2 rings (SSSR count). The first-order valence-electron chi connectivity index (χ1n) is 10.2. The molecule has 1 fully saturated rings. The number of carbonyl (C=O) groups is 1. The van der Waals surface area contributed by atoms with Crippen LogP contribution in [0.4, 0.5) is 0 Å². The summed E-state index contributed by atoms with van der Waals surface area (Å²) in [6.45, 7) is 6.57. The van der Waals surface area contributed by atoms with E-state index in [0.29, 0.717) is 24.5 Å². The van der Waals surface area contributed by atoms with E-state index in [0.717, 1.165) is 57.3 Å².